The van der Waals surface area contributed by atoms with Gasteiger partial charge < -0.3 is 36.7 Å². The maximum atomic E-state index is 5.37. The molecule has 0 unspecified atom stereocenters. The van der Waals surface area contributed by atoms with E-state index in [2.05, 4.69) is 5.32 Å². The van der Waals surface area contributed by atoms with Gasteiger partial charge in [-0.25, -0.2) is 0 Å². The summed E-state index contributed by atoms with van der Waals surface area (Å²) in [6.45, 7) is 0.767. The summed E-state index contributed by atoms with van der Waals surface area (Å²) in [6, 6.07) is 11.9. The molecular weight excluding hydrogens is 318 g/mol. The minimum Gasteiger partial charge on any atom is -1.00 e. The summed E-state index contributed by atoms with van der Waals surface area (Å²) in [7, 11) is 6.50. The van der Waals surface area contributed by atoms with Gasteiger partial charge in [0.2, 0.25) is 5.75 Å². The number of hydrogen-bond acceptors (Lipinski definition) is 4. The van der Waals surface area contributed by atoms with Crippen LogP contribution >= 0.6 is 0 Å². The van der Waals surface area contributed by atoms with Crippen LogP contribution in [0.5, 0.6) is 23.0 Å². The van der Waals surface area contributed by atoms with Crippen LogP contribution in [0.3, 0.4) is 0 Å². The van der Waals surface area contributed by atoms with Crippen LogP contribution in [0.15, 0.2) is 36.4 Å². The Balaban J connectivity index is 0.00000264. The van der Waals surface area contributed by atoms with Gasteiger partial charge in [0.1, 0.15) is 18.0 Å². The van der Waals surface area contributed by atoms with E-state index in [4.69, 9.17) is 18.9 Å². The molecule has 0 bridgehead atoms. The molecule has 0 saturated carbocycles. The molecule has 0 saturated heterocycles. The topological polar surface area (TPSA) is 53.5 Å². The van der Waals surface area contributed by atoms with Crippen LogP contribution < -0.4 is 36.7 Å². The highest BCUT2D eigenvalue weighted by Gasteiger charge is 2.14. The summed E-state index contributed by atoms with van der Waals surface area (Å²) in [4.78, 5) is 0. The first-order valence-electron chi connectivity index (χ1n) is 6.98. The zero-order chi connectivity index (χ0) is 15.9. The van der Waals surface area contributed by atoms with Crippen LogP contribution in [0.4, 0.5) is 5.69 Å². The number of rotatable bonds is 7. The third kappa shape index (κ3) is 4.68. The summed E-state index contributed by atoms with van der Waals surface area (Å²) >= 11 is 0. The number of methoxy groups -OCH3 is 4. The number of ether oxygens (including phenoxy) is 4. The number of hydrogen-bond donors (Lipinski definition) is 1. The van der Waals surface area contributed by atoms with Crippen LogP contribution in [-0.2, 0) is 6.54 Å². The quantitative estimate of drug-likeness (QED) is 0.666. The lowest BCUT2D eigenvalue weighted by Gasteiger charge is -2.13. The van der Waals surface area contributed by atoms with E-state index in [0.717, 1.165) is 23.5 Å². The highest BCUT2D eigenvalue weighted by atomic mass is 35.5. The molecular formula is C17H22ClNO4. The summed E-state index contributed by atoms with van der Waals surface area (Å²) in [6.07, 6.45) is 0. The minimum absolute atomic E-state index is 0. The Hall–Kier alpha value is -2.11. The fraction of sp³-hybridized carbons (Fsp3) is 0.294. The smallest absolute Gasteiger partial charge is 0.203 e. The number of halogens is 1. The Bertz CT molecular complexity index is 591. The normalized spacial score (nSPS) is 9.74. The molecule has 0 aliphatic rings. The standard InChI is InChI=1S/C17H21NO4.ClH/c1-19-14-7-5-13(6-8-14)18-11-12-9-15(20-2)17(22-4)16(10-12)21-3;/h5-10,18H,11H2,1-4H3;1H. The first-order valence-corrected chi connectivity index (χ1v) is 6.98. The SMILES string of the molecule is COc1ccc([NH2+]Cc2cc(OC)c(OC)c(OC)c2)cc1.[Cl-]. The average molecular weight is 340 g/mol. The van der Waals surface area contributed by atoms with Crippen molar-refractivity contribution in [2.75, 3.05) is 28.4 Å². The van der Waals surface area contributed by atoms with E-state index in [1.54, 1.807) is 28.4 Å². The Morgan fingerprint density at radius 2 is 1.35 bits per heavy atom. The summed E-state index contributed by atoms with van der Waals surface area (Å²) in [5.41, 5.74) is 2.22. The second-order valence-corrected chi connectivity index (χ2v) is 4.71. The van der Waals surface area contributed by atoms with Crippen LogP contribution in [-0.4, -0.2) is 28.4 Å². The van der Waals surface area contributed by atoms with Crippen molar-refractivity contribution in [1.29, 1.82) is 0 Å². The first kappa shape index (κ1) is 18.9. The van der Waals surface area contributed by atoms with E-state index < -0.39 is 0 Å². The molecule has 0 fully saturated rings. The zero-order valence-electron chi connectivity index (χ0n) is 13.8. The van der Waals surface area contributed by atoms with Gasteiger partial charge in [-0.1, -0.05) is 0 Å². The molecule has 2 aromatic rings. The summed E-state index contributed by atoms with van der Waals surface area (Å²) in [5.74, 6) is 2.79. The van der Waals surface area contributed by atoms with Gasteiger partial charge in [-0.15, -0.1) is 0 Å². The maximum absolute atomic E-state index is 5.37. The second kappa shape index (κ2) is 9.12. The Labute approximate surface area is 142 Å². The molecule has 2 aromatic carbocycles. The Morgan fingerprint density at radius 1 is 0.783 bits per heavy atom. The van der Waals surface area contributed by atoms with E-state index in [9.17, 15) is 0 Å². The van der Waals surface area contributed by atoms with Crippen molar-refractivity contribution in [3.63, 3.8) is 0 Å². The van der Waals surface area contributed by atoms with Gasteiger partial charge in [-0.2, -0.15) is 0 Å². The van der Waals surface area contributed by atoms with Crippen LogP contribution in [0.25, 0.3) is 0 Å². The molecule has 0 aliphatic heterocycles. The lowest BCUT2D eigenvalue weighted by molar-refractivity contribution is -0.588. The van der Waals surface area contributed by atoms with Crippen molar-refractivity contribution in [3.8, 4) is 23.0 Å². The minimum atomic E-state index is 0. The first-order chi connectivity index (χ1) is 10.7. The van der Waals surface area contributed by atoms with Gasteiger partial charge in [0.25, 0.3) is 0 Å². The molecule has 0 aliphatic carbocycles. The van der Waals surface area contributed by atoms with Crippen LogP contribution in [0, 0.1) is 0 Å². The lowest BCUT2D eigenvalue weighted by atomic mass is 10.1. The van der Waals surface area contributed by atoms with Crippen molar-refractivity contribution in [1.82, 2.24) is 0 Å². The van der Waals surface area contributed by atoms with Crippen molar-refractivity contribution in [3.05, 3.63) is 42.0 Å². The molecule has 5 nitrogen and oxygen atoms in total. The van der Waals surface area contributed by atoms with Gasteiger partial charge in [-0.05, 0) is 24.3 Å². The molecule has 2 rings (SSSR count). The van der Waals surface area contributed by atoms with Crippen LogP contribution in [0.2, 0.25) is 0 Å². The van der Waals surface area contributed by atoms with Crippen molar-refractivity contribution >= 4 is 5.69 Å². The average Bonchev–Trinajstić information content (AvgIpc) is 2.59. The largest absolute Gasteiger partial charge is 1.00 e. The van der Waals surface area contributed by atoms with Gasteiger partial charge in [-0.3, -0.25) is 0 Å². The third-order valence-electron chi connectivity index (χ3n) is 3.41. The molecule has 0 heterocycles. The molecule has 2 N–H and O–H groups in total. The molecule has 0 amide bonds. The fourth-order valence-electron chi connectivity index (χ4n) is 2.23. The lowest BCUT2D eigenvalue weighted by Crippen LogP contribution is -3.00. The molecule has 6 heteroatoms. The number of nitrogens with two attached hydrogens (primary N) is 1. The Kier molecular flexibility index (Phi) is 7.51. The second-order valence-electron chi connectivity index (χ2n) is 4.71. The highest BCUT2D eigenvalue weighted by Crippen LogP contribution is 2.37. The van der Waals surface area contributed by atoms with Crippen molar-refractivity contribution < 1.29 is 36.7 Å². The predicted octanol–water partition coefficient (Wildman–Crippen LogP) is -0.880. The van der Waals surface area contributed by atoms with Gasteiger partial charge in [0.15, 0.2) is 11.5 Å². The van der Waals surface area contributed by atoms with Crippen molar-refractivity contribution in [2.24, 2.45) is 0 Å². The van der Waals surface area contributed by atoms with Gasteiger partial charge in [0, 0.05) is 17.7 Å². The summed E-state index contributed by atoms with van der Waals surface area (Å²) < 4.78 is 21.2. The maximum Gasteiger partial charge on any atom is 0.203 e. The van der Waals surface area contributed by atoms with Crippen molar-refractivity contribution in [2.45, 2.75) is 6.54 Å². The zero-order valence-corrected chi connectivity index (χ0v) is 14.5. The molecule has 126 valence electrons. The van der Waals surface area contributed by atoms with E-state index in [0.29, 0.717) is 17.2 Å². The Morgan fingerprint density at radius 3 is 1.78 bits per heavy atom. The van der Waals surface area contributed by atoms with E-state index in [-0.39, 0.29) is 12.4 Å². The highest BCUT2D eigenvalue weighted by molar-refractivity contribution is 5.53. The van der Waals surface area contributed by atoms with E-state index in [1.165, 1.54) is 0 Å². The fourth-order valence-corrected chi connectivity index (χ4v) is 2.23. The monoisotopic (exact) mass is 339 g/mol. The van der Waals surface area contributed by atoms with Crippen LogP contribution in [0.1, 0.15) is 5.56 Å². The van der Waals surface area contributed by atoms with E-state index in [1.807, 2.05) is 36.4 Å². The molecule has 0 atom stereocenters. The molecule has 0 aromatic heterocycles. The summed E-state index contributed by atoms with van der Waals surface area (Å²) in [5, 5.41) is 2.14. The molecule has 23 heavy (non-hydrogen) atoms. The molecule has 0 spiro atoms. The number of quaternary nitrogens is 1. The van der Waals surface area contributed by atoms with Gasteiger partial charge in [0.05, 0.1) is 28.4 Å². The molecule has 0 radical (unpaired) electrons. The van der Waals surface area contributed by atoms with Gasteiger partial charge >= 0.3 is 0 Å². The third-order valence-corrected chi connectivity index (χ3v) is 3.41. The number of benzene rings is 2. The van der Waals surface area contributed by atoms with E-state index >= 15 is 0 Å². The predicted molar refractivity (Wildman–Crippen MR) is 84.4 cm³/mol.